The number of carbonyl (C=O) groups is 1. The van der Waals surface area contributed by atoms with Gasteiger partial charge in [-0.15, -0.1) is 0 Å². The Hall–Kier alpha value is -1.75. The van der Waals surface area contributed by atoms with Gasteiger partial charge < -0.3 is 10.1 Å². The zero-order valence-electron chi connectivity index (χ0n) is 10.4. The fourth-order valence-corrected chi connectivity index (χ4v) is 2.10. The first kappa shape index (κ1) is 12.7. The summed E-state index contributed by atoms with van der Waals surface area (Å²) < 4.78 is 0. The van der Waals surface area contributed by atoms with Crippen LogP contribution in [0.2, 0.25) is 5.02 Å². The third-order valence-electron chi connectivity index (χ3n) is 3.24. The zero-order valence-corrected chi connectivity index (χ0v) is 11.1. The molecule has 1 N–H and O–H groups in total. The van der Waals surface area contributed by atoms with Gasteiger partial charge in [0, 0.05) is 12.1 Å². The number of likely N-dealkylation sites (N-methyl/N-ethyl adjacent to an activating group) is 1. The molecule has 0 atom stereocenters. The Labute approximate surface area is 110 Å². The van der Waals surface area contributed by atoms with Crippen LogP contribution in [-0.4, -0.2) is 34.6 Å². The zero-order chi connectivity index (χ0) is 13.5. The maximum Gasteiger partial charge on any atom is 0.330 e. The van der Waals surface area contributed by atoms with Gasteiger partial charge in [0.05, 0.1) is 5.69 Å². The Bertz CT molecular complexity index is 528. The molecule has 0 aliphatic carbocycles. The van der Waals surface area contributed by atoms with Gasteiger partial charge in [0.25, 0.3) is 0 Å². The Morgan fingerprint density at radius 3 is 2.61 bits per heavy atom. The molecule has 2 rings (SSSR count). The Kier molecular flexibility index (Phi) is 2.94. The molecule has 1 aliphatic rings. The van der Waals surface area contributed by atoms with Gasteiger partial charge in [0.2, 0.25) is 0 Å². The highest BCUT2D eigenvalue weighted by Gasteiger charge is 2.48. The number of amidine groups is 1. The molecule has 2 amide bonds. The van der Waals surface area contributed by atoms with Gasteiger partial charge in [-0.2, -0.15) is 0 Å². The standard InChI is InChI=1S/C12H14ClN3O2/c1-12(2)10(14-18)16(11(17)15(12)3)9-6-4-5-8(13)7-9/h4-7,18H,1-3H3/b14-10+. The molecule has 0 radical (unpaired) electrons. The van der Waals surface area contributed by atoms with E-state index in [0.717, 1.165) is 0 Å². The fraction of sp³-hybridized carbons (Fsp3) is 0.333. The second-order valence-electron chi connectivity index (χ2n) is 4.64. The van der Waals surface area contributed by atoms with Gasteiger partial charge >= 0.3 is 6.03 Å². The maximum absolute atomic E-state index is 12.2. The lowest BCUT2D eigenvalue weighted by atomic mass is 10.0. The van der Waals surface area contributed by atoms with E-state index in [9.17, 15) is 10.0 Å². The van der Waals surface area contributed by atoms with E-state index < -0.39 is 5.54 Å². The van der Waals surface area contributed by atoms with Gasteiger partial charge in [-0.25, -0.2) is 9.69 Å². The summed E-state index contributed by atoms with van der Waals surface area (Å²) in [7, 11) is 1.66. The van der Waals surface area contributed by atoms with Gasteiger partial charge in [0.1, 0.15) is 5.54 Å². The number of benzene rings is 1. The minimum atomic E-state index is -0.672. The molecule has 0 spiro atoms. The first-order valence-electron chi connectivity index (χ1n) is 5.45. The predicted molar refractivity (Wildman–Crippen MR) is 70.4 cm³/mol. The molecule has 1 aliphatic heterocycles. The molecule has 0 saturated carbocycles. The lowest BCUT2D eigenvalue weighted by Crippen LogP contribution is -2.41. The SMILES string of the molecule is CN1C(=O)N(c2cccc(Cl)c2)/C(=N/O)C1(C)C. The van der Waals surface area contributed by atoms with Crippen molar-refractivity contribution in [3.8, 4) is 0 Å². The van der Waals surface area contributed by atoms with Crippen molar-refractivity contribution < 1.29 is 10.0 Å². The first-order valence-corrected chi connectivity index (χ1v) is 5.83. The van der Waals surface area contributed by atoms with Crippen molar-refractivity contribution in [2.45, 2.75) is 19.4 Å². The number of urea groups is 1. The predicted octanol–water partition coefficient (Wildman–Crippen LogP) is 2.78. The van der Waals surface area contributed by atoms with E-state index in [-0.39, 0.29) is 11.9 Å². The van der Waals surface area contributed by atoms with E-state index in [1.165, 1.54) is 9.80 Å². The second kappa shape index (κ2) is 4.17. The quantitative estimate of drug-likeness (QED) is 0.628. The summed E-state index contributed by atoms with van der Waals surface area (Å²) in [5.41, 5.74) is -0.0912. The summed E-state index contributed by atoms with van der Waals surface area (Å²) in [6, 6.07) is 6.60. The summed E-state index contributed by atoms with van der Waals surface area (Å²) in [4.78, 5) is 15.1. The number of hydrogen-bond donors (Lipinski definition) is 1. The number of oxime groups is 1. The normalized spacial score (nSPS) is 20.9. The van der Waals surface area contributed by atoms with Crippen LogP contribution in [0.25, 0.3) is 0 Å². The van der Waals surface area contributed by atoms with Crippen LogP contribution in [0.15, 0.2) is 29.4 Å². The van der Waals surface area contributed by atoms with Gasteiger partial charge in [-0.05, 0) is 32.0 Å². The number of hydrogen-bond acceptors (Lipinski definition) is 3. The maximum atomic E-state index is 12.2. The highest BCUT2D eigenvalue weighted by atomic mass is 35.5. The molecule has 6 heteroatoms. The minimum Gasteiger partial charge on any atom is -0.409 e. The van der Waals surface area contributed by atoms with E-state index >= 15 is 0 Å². The third-order valence-corrected chi connectivity index (χ3v) is 3.47. The van der Waals surface area contributed by atoms with Crippen LogP contribution in [0, 0.1) is 0 Å². The lowest BCUT2D eigenvalue weighted by Gasteiger charge is -2.24. The monoisotopic (exact) mass is 267 g/mol. The van der Waals surface area contributed by atoms with Crippen LogP contribution in [-0.2, 0) is 0 Å². The Morgan fingerprint density at radius 1 is 1.39 bits per heavy atom. The smallest absolute Gasteiger partial charge is 0.330 e. The molecule has 1 fully saturated rings. The van der Waals surface area contributed by atoms with Crippen molar-refractivity contribution in [2.24, 2.45) is 5.16 Å². The molecule has 1 saturated heterocycles. The molecule has 18 heavy (non-hydrogen) atoms. The van der Waals surface area contributed by atoms with Crippen molar-refractivity contribution in [2.75, 3.05) is 11.9 Å². The fourth-order valence-electron chi connectivity index (χ4n) is 1.92. The highest BCUT2D eigenvalue weighted by Crippen LogP contribution is 2.32. The summed E-state index contributed by atoms with van der Waals surface area (Å²) in [5, 5.41) is 13.0. The average Bonchev–Trinajstić information content (AvgIpc) is 2.49. The number of carbonyl (C=O) groups excluding carboxylic acids is 1. The summed E-state index contributed by atoms with van der Waals surface area (Å²) in [6.45, 7) is 3.62. The van der Waals surface area contributed by atoms with Crippen LogP contribution in [0.3, 0.4) is 0 Å². The van der Waals surface area contributed by atoms with Gasteiger partial charge in [-0.1, -0.05) is 22.8 Å². The summed E-state index contributed by atoms with van der Waals surface area (Å²) in [5.74, 6) is 0.275. The molecule has 0 bridgehead atoms. The van der Waals surface area contributed by atoms with Crippen LogP contribution >= 0.6 is 11.6 Å². The minimum absolute atomic E-state index is 0.255. The van der Waals surface area contributed by atoms with Crippen LogP contribution in [0.5, 0.6) is 0 Å². The average molecular weight is 268 g/mol. The van der Waals surface area contributed by atoms with E-state index in [2.05, 4.69) is 5.16 Å². The van der Waals surface area contributed by atoms with Crippen molar-refractivity contribution in [3.05, 3.63) is 29.3 Å². The number of nitrogens with zero attached hydrogens (tertiary/aromatic N) is 3. The third kappa shape index (κ3) is 1.71. The van der Waals surface area contributed by atoms with E-state index in [1.54, 1.807) is 31.3 Å². The second-order valence-corrected chi connectivity index (χ2v) is 5.08. The van der Waals surface area contributed by atoms with E-state index in [1.807, 2.05) is 13.8 Å². The van der Waals surface area contributed by atoms with Crippen molar-refractivity contribution >= 4 is 29.2 Å². The molecule has 1 heterocycles. The van der Waals surface area contributed by atoms with Gasteiger partial charge in [0.15, 0.2) is 5.84 Å². The molecular weight excluding hydrogens is 254 g/mol. The molecule has 1 aromatic rings. The molecule has 1 aromatic carbocycles. The van der Waals surface area contributed by atoms with Crippen molar-refractivity contribution in [3.63, 3.8) is 0 Å². The lowest BCUT2D eigenvalue weighted by molar-refractivity contribution is 0.205. The topological polar surface area (TPSA) is 56.1 Å². The van der Waals surface area contributed by atoms with Crippen LogP contribution in [0.1, 0.15) is 13.8 Å². The number of rotatable bonds is 1. The molecular formula is C12H14ClN3O2. The molecule has 96 valence electrons. The summed E-state index contributed by atoms with van der Waals surface area (Å²) >= 11 is 5.92. The number of halogens is 1. The van der Waals surface area contributed by atoms with Crippen LogP contribution < -0.4 is 4.90 Å². The highest BCUT2D eigenvalue weighted by molar-refractivity contribution is 6.31. The summed E-state index contributed by atoms with van der Waals surface area (Å²) in [6.07, 6.45) is 0. The molecule has 5 nitrogen and oxygen atoms in total. The Morgan fingerprint density at radius 2 is 2.06 bits per heavy atom. The van der Waals surface area contributed by atoms with E-state index in [0.29, 0.717) is 10.7 Å². The van der Waals surface area contributed by atoms with Crippen molar-refractivity contribution in [1.82, 2.24) is 4.90 Å². The van der Waals surface area contributed by atoms with Crippen molar-refractivity contribution in [1.29, 1.82) is 0 Å². The Balaban J connectivity index is 2.54. The van der Waals surface area contributed by atoms with Gasteiger partial charge in [-0.3, -0.25) is 0 Å². The molecule has 0 aromatic heterocycles. The molecule has 0 unspecified atom stereocenters. The number of anilines is 1. The van der Waals surface area contributed by atoms with Crippen LogP contribution in [0.4, 0.5) is 10.5 Å². The van der Waals surface area contributed by atoms with E-state index in [4.69, 9.17) is 11.6 Å². The largest absolute Gasteiger partial charge is 0.409 e. The number of amides is 2. The first-order chi connectivity index (χ1) is 8.39.